The lowest BCUT2D eigenvalue weighted by molar-refractivity contribution is -0.120. The van der Waals surface area contributed by atoms with Crippen molar-refractivity contribution in [3.8, 4) is 0 Å². The van der Waals surface area contributed by atoms with Crippen molar-refractivity contribution >= 4 is 47.6 Å². The minimum atomic E-state index is 0. The zero-order chi connectivity index (χ0) is 15.7. The average molecular weight is 442 g/mol. The first kappa shape index (κ1) is 21.8. The van der Waals surface area contributed by atoms with Gasteiger partial charge in [0.2, 0.25) is 5.91 Å². The van der Waals surface area contributed by atoms with Gasteiger partial charge in [0, 0.05) is 50.7 Å². The van der Waals surface area contributed by atoms with E-state index in [1.807, 2.05) is 7.05 Å². The fourth-order valence-corrected chi connectivity index (χ4v) is 3.54. The molecule has 130 valence electrons. The molecule has 0 radical (unpaired) electrons. The molecule has 22 heavy (non-hydrogen) atoms. The highest BCUT2D eigenvalue weighted by Crippen LogP contribution is 2.24. The zero-order valence-electron chi connectivity index (χ0n) is 14.2. The monoisotopic (exact) mass is 442 g/mol. The molecule has 1 fully saturated rings. The highest BCUT2D eigenvalue weighted by Gasteiger charge is 2.24. The Morgan fingerprint density at radius 3 is 2.68 bits per heavy atom. The minimum absolute atomic E-state index is 0. The van der Waals surface area contributed by atoms with E-state index in [2.05, 4.69) is 53.1 Å². The SMILES string of the molecule is CCCNC(=O)CCNC(=NC)N1CCSC(C(C)C)C1.I. The van der Waals surface area contributed by atoms with Gasteiger partial charge in [0.15, 0.2) is 5.96 Å². The van der Waals surface area contributed by atoms with Gasteiger partial charge in [-0.15, -0.1) is 24.0 Å². The first-order chi connectivity index (χ1) is 10.1. The third-order valence-electron chi connectivity index (χ3n) is 3.56. The summed E-state index contributed by atoms with van der Waals surface area (Å²) in [6.45, 7) is 10.1. The van der Waals surface area contributed by atoms with Crippen LogP contribution in [0.2, 0.25) is 0 Å². The maximum absolute atomic E-state index is 11.6. The number of nitrogens with one attached hydrogen (secondary N) is 2. The van der Waals surface area contributed by atoms with E-state index in [4.69, 9.17) is 0 Å². The van der Waals surface area contributed by atoms with Crippen molar-refractivity contribution in [2.24, 2.45) is 10.9 Å². The lowest BCUT2D eigenvalue weighted by Gasteiger charge is -2.36. The summed E-state index contributed by atoms with van der Waals surface area (Å²) < 4.78 is 0. The van der Waals surface area contributed by atoms with Crippen LogP contribution in [0.5, 0.6) is 0 Å². The Morgan fingerprint density at radius 1 is 1.36 bits per heavy atom. The topological polar surface area (TPSA) is 56.7 Å². The normalized spacial score (nSPS) is 18.9. The first-order valence-electron chi connectivity index (χ1n) is 7.92. The number of hydrogen-bond donors (Lipinski definition) is 2. The molecule has 1 aliphatic rings. The second-order valence-electron chi connectivity index (χ2n) is 5.67. The molecule has 1 atom stereocenters. The predicted octanol–water partition coefficient (Wildman–Crippen LogP) is 2.17. The van der Waals surface area contributed by atoms with Crippen molar-refractivity contribution in [3.05, 3.63) is 0 Å². The Labute approximate surface area is 156 Å². The molecule has 0 saturated carbocycles. The number of carbonyl (C=O) groups is 1. The van der Waals surface area contributed by atoms with E-state index in [0.29, 0.717) is 24.1 Å². The van der Waals surface area contributed by atoms with Crippen LogP contribution in [0.25, 0.3) is 0 Å². The summed E-state index contributed by atoms with van der Waals surface area (Å²) in [5, 5.41) is 6.86. The largest absolute Gasteiger partial charge is 0.356 e. The third-order valence-corrected chi connectivity index (χ3v) is 5.10. The quantitative estimate of drug-likeness (QED) is 0.376. The second-order valence-corrected chi connectivity index (χ2v) is 7.02. The highest BCUT2D eigenvalue weighted by atomic mass is 127. The van der Waals surface area contributed by atoms with Gasteiger partial charge in [-0.3, -0.25) is 9.79 Å². The van der Waals surface area contributed by atoms with Crippen LogP contribution in [-0.2, 0) is 4.79 Å². The van der Waals surface area contributed by atoms with Crippen molar-refractivity contribution in [2.75, 3.05) is 39.0 Å². The maximum atomic E-state index is 11.6. The van der Waals surface area contributed by atoms with Crippen LogP contribution in [-0.4, -0.2) is 61.0 Å². The van der Waals surface area contributed by atoms with Crippen LogP contribution in [0, 0.1) is 5.92 Å². The van der Waals surface area contributed by atoms with Crippen LogP contribution >= 0.6 is 35.7 Å². The molecule has 0 aromatic carbocycles. The van der Waals surface area contributed by atoms with E-state index in [0.717, 1.165) is 37.8 Å². The van der Waals surface area contributed by atoms with Gasteiger partial charge in [-0.05, 0) is 12.3 Å². The summed E-state index contributed by atoms with van der Waals surface area (Å²) in [5.74, 6) is 2.84. The van der Waals surface area contributed by atoms with Gasteiger partial charge >= 0.3 is 0 Å². The molecule has 0 aliphatic carbocycles. The zero-order valence-corrected chi connectivity index (χ0v) is 17.4. The van der Waals surface area contributed by atoms with Gasteiger partial charge < -0.3 is 15.5 Å². The van der Waals surface area contributed by atoms with E-state index in [1.165, 1.54) is 0 Å². The van der Waals surface area contributed by atoms with E-state index in [1.54, 1.807) is 0 Å². The van der Waals surface area contributed by atoms with Crippen LogP contribution in [0.15, 0.2) is 4.99 Å². The number of hydrogen-bond acceptors (Lipinski definition) is 3. The van der Waals surface area contributed by atoms with Crippen molar-refractivity contribution in [1.82, 2.24) is 15.5 Å². The van der Waals surface area contributed by atoms with Gasteiger partial charge in [-0.25, -0.2) is 0 Å². The smallest absolute Gasteiger partial charge is 0.221 e. The van der Waals surface area contributed by atoms with Gasteiger partial charge in [0.25, 0.3) is 0 Å². The second kappa shape index (κ2) is 12.3. The molecule has 0 aromatic rings. The number of nitrogens with zero attached hydrogens (tertiary/aromatic N) is 2. The average Bonchev–Trinajstić information content (AvgIpc) is 2.49. The Balaban J connectivity index is 0.00000441. The highest BCUT2D eigenvalue weighted by molar-refractivity contribution is 14.0. The molecule has 0 bridgehead atoms. The lowest BCUT2D eigenvalue weighted by atomic mass is 10.1. The summed E-state index contributed by atoms with van der Waals surface area (Å²) in [4.78, 5) is 18.2. The molecule has 1 rings (SSSR count). The molecule has 1 amide bonds. The number of carbonyl (C=O) groups excluding carboxylic acids is 1. The van der Waals surface area contributed by atoms with Crippen LogP contribution in [0.1, 0.15) is 33.6 Å². The van der Waals surface area contributed by atoms with E-state index in [9.17, 15) is 4.79 Å². The fraction of sp³-hybridized carbons (Fsp3) is 0.867. The van der Waals surface area contributed by atoms with Crippen molar-refractivity contribution in [3.63, 3.8) is 0 Å². The van der Waals surface area contributed by atoms with Crippen LogP contribution in [0.4, 0.5) is 0 Å². The summed E-state index contributed by atoms with van der Waals surface area (Å²) in [6, 6.07) is 0. The summed E-state index contributed by atoms with van der Waals surface area (Å²) in [6.07, 6.45) is 1.47. The number of guanidine groups is 1. The number of thioether (sulfide) groups is 1. The molecular formula is C15H31IN4OS. The lowest BCUT2D eigenvalue weighted by Crippen LogP contribution is -2.49. The molecule has 7 heteroatoms. The number of amides is 1. The summed E-state index contributed by atoms with van der Waals surface area (Å²) >= 11 is 2.05. The van der Waals surface area contributed by atoms with E-state index < -0.39 is 0 Å². The molecule has 1 unspecified atom stereocenters. The maximum Gasteiger partial charge on any atom is 0.221 e. The molecule has 1 heterocycles. The molecule has 5 nitrogen and oxygen atoms in total. The standard InChI is InChI=1S/C15H30N4OS.HI/c1-5-7-17-14(20)6-8-18-15(16-4)19-9-10-21-13(11-19)12(2)3;/h12-13H,5-11H2,1-4H3,(H,16,18)(H,17,20);1H. The number of aliphatic imine (C=N–C) groups is 1. The van der Waals surface area contributed by atoms with Crippen LogP contribution < -0.4 is 10.6 Å². The summed E-state index contributed by atoms with van der Waals surface area (Å²) in [7, 11) is 1.81. The van der Waals surface area contributed by atoms with Gasteiger partial charge in [-0.2, -0.15) is 11.8 Å². The Morgan fingerprint density at radius 2 is 2.09 bits per heavy atom. The molecule has 0 aromatic heterocycles. The van der Waals surface area contributed by atoms with E-state index >= 15 is 0 Å². The predicted molar refractivity (Wildman–Crippen MR) is 107 cm³/mol. The molecule has 2 N–H and O–H groups in total. The number of halogens is 1. The Hall–Kier alpha value is -0.180. The van der Waals surface area contributed by atoms with Gasteiger partial charge in [0.05, 0.1) is 0 Å². The van der Waals surface area contributed by atoms with Crippen molar-refractivity contribution in [2.45, 2.75) is 38.9 Å². The molecule has 1 saturated heterocycles. The van der Waals surface area contributed by atoms with Gasteiger partial charge in [-0.1, -0.05) is 20.8 Å². The Kier molecular flexibility index (Phi) is 12.2. The summed E-state index contributed by atoms with van der Waals surface area (Å²) in [5.41, 5.74) is 0. The molecular weight excluding hydrogens is 411 g/mol. The molecule has 1 aliphatic heterocycles. The van der Waals surface area contributed by atoms with Gasteiger partial charge in [0.1, 0.15) is 0 Å². The third kappa shape index (κ3) is 7.89. The molecule has 0 spiro atoms. The minimum Gasteiger partial charge on any atom is -0.356 e. The fourth-order valence-electron chi connectivity index (χ4n) is 2.24. The Bertz CT molecular complexity index is 352. The van der Waals surface area contributed by atoms with E-state index in [-0.39, 0.29) is 29.9 Å². The van der Waals surface area contributed by atoms with Crippen molar-refractivity contribution in [1.29, 1.82) is 0 Å². The number of rotatable bonds is 6. The van der Waals surface area contributed by atoms with Crippen LogP contribution in [0.3, 0.4) is 0 Å². The first-order valence-corrected chi connectivity index (χ1v) is 8.97. The van der Waals surface area contributed by atoms with Crippen molar-refractivity contribution < 1.29 is 4.79 Å².